The maximum atomic E-state index is 12.6. The average Bonchev–Trinajstić information content (AvgIpc) is 2.93. The zero-order valence-electron chi connectivity index (χ0n) is 20.8. The summed E-state index contributed by atoms with van der Waals surface area (Å²) in [6, 6.07) is 34.6. The predicted octanol–water partition coefficient (Wildman–Crippen LogP) is 7.74. The SMILES string of the molecule is FC(F)(F)Oc1ccc(-c2ccccc2CC(=C2CN(Cc3ccccc3)CCO2)c2ccccc2)cc1. The van der Waals surface area contributed by atoms with Gasteiger partial charge in [-0.1, -0.05) is 97.1 Å². The van der Waals surface area contributed by atoms with Gasteiger partial charge >= 0.3 is 6.36 Å². The molecule has 0 radical (unpaired) electrons. The van der Waals surface area contributed by atoms with E-state index >= 15 is 0 Å². The van der Waals surface area contributed by atoms with E-state index in [4.69, 9.17) is 4.74 Å². The van der Waals surface area contributed by atoms with Gasteiger partial charge in [-0.25, -0.2) is 0 Å². The van der Waals surface area contributed by atoms with Gasteiger partial charge in [-0.3, -0.25) is 4.90 Å². The van der Waals surface area contributed by atoms with Crippen LogP contribution in [0.15, 0.2) is 115 Å². The predicted molar refractivity (Wildman–Crippen MR) is 143 cm³/mol. The smallest absolute Gasteiger partial charge is 0.495 e. The molecular weight excluding hydrogens is 487 g/mol. The molecule has 1 aliphatic heterocycles. The van der Waals surface area contributed by atoms with Crippen LogP contribution in [0.4, 0.5) is 13.2 Å². The molecule has 3 nitrogen and oxygen atoms in total. The van der Waals surface area contributed by atoms with Crippen molar-refractivity contribution in [2.45, 2.75) is 19.3 Å². The van der Waals surface area contributed by atoms with E-state index in [0.29, 0.717) is 19.6 Å². The quantitative estimate of drug-likeness (QED) is 0.251. The fourth-order valence-corrected chi connectivity index (χ4v) is 4.77. The molecule has 194 valence electrons. The minimum absolute atomic E-state index is 0.236. The largest absolute Gasteiger partial charge is 0.573 e. The summed E-state index contributed by atoms with van der Waals surface area (Å²) in [6.07, 6.45) is -4.10. The van der Waals surface area contributed by atoms with Gasteiger partial charge in [-0.05, 0) is 39.9 Å². The molecule has 1 aliphatic rings. The molecule has 0 aromatic heterocycles. The Morgan fingerprint density at radius 2 is 1.45 bits per heavy atom. The number of allylic oxidation sites excluding steroid dienone is 1. The van der Waals surface area contributed by atoms with E-state index in [9.17, 15) is 13.2 Å². The van der Waals surface area contributed by atoms with E-state index in [1.54, 1.807) is 12.1 Å². The second-order valence-corrected chi connectivity index (χ2v) is 9.22. The summed E-state index contributed by atoms with van der Waals surface area (Å²) < 4.78 is 48.2. The number of halogens is 3. The molecule has 5 rings (SSSR count). The maximum Gasteiger partial charge on any atom is 0.573 e. The lowest BCUT2D eigenvalue weighted by Crippen LogP contribution is -2.35. The molecule has 1 heterocycles. The lowest BCUT2D eigenvalue weighted by atomic mass is 9.91. The molecule has 0 amide bonds. The van der Waals surface area contributed by atoms with E-state index in [0.717, 1.165) is 46.7 Å². The second kappa shape index (κ2) is 11.6. The summed E-state index contributed by atoms with van der Waals surface area (Å²) in [7, 11) is 0. The summed E-state index contributed by atoms with van der Waals surface area (Å²) in [5.74, 6) is 0.710. The van der Waals surface area contributed by atoms with Crippen molar-refractivity contribution in [2.75, 3.05) is 19.7 Å². The van der Waals surface area contributed by atoms with E-state index < -0.39 is 6.36 Å². The topological polar surface area (TPSA) is 21.7 Å². The first-order chi connectivity index (χ1) is 18.4. The Balaban J connectivity index is 1.46. The third-order valence-electron chi connectivity index (χ3n) is 6.54. The number of nitrogens with zero attached hydrogens (tertiary/aromatic N) is 1. The number of alkyl halides is 3. The van der Waals surface area contributed by atoms with Crippen LogP contribution < -0.4 is 4.74 Å². The van der Waals surface area contributed by atoms with Crippen LogP contribution >= 0.6 is 0 Å². The lowest BCUT2D eigenvalue weighted by molar-refractivity contribution is -0.274. The van der Waals surface area contributed by atoms with Crippen molar-refractivity contribution in [2.24, 2.45) is 0 Å². The minimum Gasteiger partial charge on any atom is -0.495 e. The highest BCUT2D eigenvalue weighted by Crippen LogP contribution is 2.33. The second-order valence-electron chi connectivity index (χ2n) is 9.22. The van der Waals surface area contributed by atoms with Gasteiger partial charge in [0.2, 0.25) is 0 Å². The van der Waals surface area contributed by atoms with Crippen molar-refractivity contribution in [1.82, 2.24) is 4.90 Å². The van der Waals surface area contributed by atoms with Gasteiger partial charge in [0.05, 0.1) is 6.54 Å². The van der Waals surface area contributed by atoms with E-state index in [-0.39, 0.29) is 5.75 Å². The Labute approximate surface area is 220 Å². The van der Waals surface area contributed by atoms with E-state index in [1.807, 2.05) is 42.5 Å². The van der Waals surface area contributed by atoms with Crippen LogP contribution in [0.25, 0.3) is 16.7 Å². The number of hydrogen-bond acceptors (Lipinski definition) is 3. The zero-order valence-corrected chi connectivity index (χ0v) is 20.8. The average molecular weight is 516 g/mol. The van der Waals surface area contributed by atoms with E-state index in [1.165, 1.54) is 17.7 Å². The summed E-state index contributed by atoms with van der Waals surface area (Å²) in [6.45, 7) is 3.01. The highest BCUT2D eigenvalue weighted by molar-refractivity contribution is 5.75. The molecule has 0 N–H and O–H groups in total. The highest BCUT2D eigenvalue weighted by Gasteiger charge is 2.31. The van der Waals surface area contributed by atoms with Crippen LogP contribution in [0.1, 0.15) is 16.7 Å². The molecule has 38 heavy (non-hydrogen) atoms. The summed E-state index contributed by atoms with van der Waals surface area (Å²) in [5, 5.41) is 0. The molecule has 4 aromatic rings. The molecule has 0 bridgehead atoms. The monoisotopic (exact) mass is 515 g/mol. The van der Waals surface area contributed by atoms with Crippen molar-refractivity contribution < 1.29 is 22.6 Å². The molecule has 1 saturated heterocycles. The van der Waals surface area contributed by atoms with Gasteiger partial charge in [-0.15, -0.1) is 13.2 Å². The Morgan fingerprint density at radius 1 is 0.789 bits per heavy atom. The fraction of sp³-hybridized carbons (Fsp3) is 0.188. The van der Waals surface area contributed by atoms with Gasteiger partial charge in [0.25, 0.3) is 0 Å². The summed E-state index contributed by atoms with van der Waals surface area (Å²) in [5.41, 5.74) is 6.30. The fourth-order valence-electron chi connectivity index (χ4n) is 4.77. The first kappa shape index (κ1) is 25.6. The standard InChI is InChI=1S/C32H28F3NO2/c33-32(34,35)38-28-17-15-26(16-18-28)29-14-8-7-13-27(29)21-30(25-11-5-2-6-12-25)31-23-36(19-20-37-31)22-24-9-3-1-4-10-24/h1-18H,19-23H2. The van der Waals surface area contributed by atoms with Crippen LogP contribution in [-0.4, -0.2) is 31.0 Å². The van der Waals surface area contributed by atoms with Gasteiger partial charge in [-0.2, -0.15) is 0 Å². The first-order valence-corrected chi connectivity index (χ1v) is 12.6. The van der Waals surface area contributed by atoms with Gasteiger partial charge in [0.15, 0.2) is 0 Å². The Morgan fingerprint density at radius 3 is 2.16 bits per heavy atom. The highest BCUT2D eigenvalue weighted by atomic mass is 19.4. The van der Waals surface area contributed by atoms with Crippen LogP contribution in [0, 0.1) is 0 Å². The Hall–Kier alpha value is -4.03. The number of ether oxygens (including phenoxy) is 2. The van der Waals surface area contributed by atoms with Crippen LogP contribution in [0.5, 0.6) is 5.75 Å². The zero-order chi connectivity index (χ0) is 26.4. The maximum absolute atomic E-state index is 12.6. The van der Waals surface area contributed by atoms with Crippen molar-refractivity contribution >= 4 is 5.57 Å². The number of benzene rings is 4. The summed E-state index contributed by atoms with van der Waals surface area (Å²) >= 11 is 0. The van der Waals surface area contributed by atoms with Crippen molar-refractivity contribution in [3.05, 3.63) is 132 Å². The molecule has 0 aliphatic carbocycles. The summed E-state index contributed by atoms with van der Waals surface area (Å²) in [4.78, 5) is 2.39. The van der Waals surface area contributed by atoms with Crippen molar-refractivity contribution in [1.29, 1.82) is 0 Å². The molecule has 0 saturated carbocycles. The number of morpholine rings is 1. The third kappa shape index (κ3) is 6.64. The number of hydrogen-bond donors (Lipinski definition) is 0. The molecule has 0 unspecified atom stereocenters. The van der Waals surface area contributed by atoms with Gasteiger partial charge in [0, 0.05) is 25.1 Å². The Kier molecular flexibility index (Phi) is 7.80. The third-order valence-corrected chi connectivity index (χ3v) is 6.54. The minimum atomic E-state index is -4.72. The number of rotatable bonds is 7. The molecule has 1 fully saturated rings. The van der Waals surface area contributed by atoms with Crippen LogP contribution in [0.2, 0.25) is 0 Å². The Bertz CT molecular complexity index is 1370. The van der Waals surface area contributed by atoms with E-state index in [2.05, 4.69) is 52.1 Å². The van der Waals surface area contributed by atoms with Gasteiger partial charge in [0.1, 0.15) is 18.1 Å². The van der Waals surface area contributed by atoms with Crippen molar-refractivity contribution in [3.8, 4) is 16.9 Å². The van der Waals surface area contributed by atoms with Crippen molar-refractivity contribution in [3.63, 3.8) is 0 Å². The van der Waals surface area contributed by atoms with Crippen LogP contribution in [0.3, 0.4) is 0 Å². The molecular formula is C32H28F3NO2. The molecule has 6 heteroatoms. The molecule has 0 atom stereocenters. The van der Waals surface area contributed by atoms with Crippen LogP contribution in [-0.2, 0) is 17.7 Å². The normalized spacial score (nSPS) is 15.6. The molecule has 0 spiro atoms. The first-order valence-electron chi connectivity index (χ1n) is 12.6. The lowest BCUT2D eigenvalue weighted by Gasteiger charge is -2.31. The van der Waals surface area contributed by atoms with Gasteiger partial charge < -0.3 is 9.47 Å². The molecule has 4 aromatic carbocycles.